The van der Waals surface area contributed by atoms with Crippen molar-refractivity contribution in [2.45, 2.75) is 24.8 Å². The first kappa shape index (κ1) is 17.5. The molecule has 0 saturated carbocycles. The number of hydrogen-bond acceptors (Lipinski definition) is 3. The van der Waals surface area contributed by atoms with Gasteiger partial charge in [0.15, 0.2) is 0 Å². The first-order chi connectivity index (χ1) is 10.5. The summed E-state index contributed by atoms with van der Waals surface area (Å²) < 4.78 is 47.1. The SMILES string of the molecule is CC1(C)C(=O)Nc2cc(C(=O)NCCS(=O)C(F)(F)F)ccc21. The maximum atomic E-state index is 12.1. The standard InChI is InChI=1S/C14H15F3N2O3S/c1-13(2)9-4-3-8(7-10(9)19-12(13)21)11(20)18-5-6-23(22)14(15,16)17/h3-4,7H,5-6H2,1-2H3,(H,18,20)(H,19,21). The van der Waals surface area contributed by atoms with Crippen LogP contribution in [0, 0.1) is 0 Å². The van der Waals surface area contributed by atoms with Crippen LogP contribution in [-0.4, -0.2) is 33.8 Å². The molecule has 1 aliphatic rings. The molecule has 2 N–H and O–H groups in total. The quantitative estimate of drug-likeness (QED) is 0.873. The maximum Gasteiger partial charge on any atom is 0.471 e. The summed E-state index contributed by atoms with van der Waals surface area (Å²) >= 11 is 0. The summed E-state index contributed by atoms with van der Waals surface area (Å²) in [6, 6.07) is 4.60. The molecule has 126 valence electrons. The molecule has 0 spiro atoms. The van der Waals surface area contributed by atoms with Gasteiger partial charge < -0.3 is 10.6 Å². The Hall–Kier alpha value is -1.90. The van der Waals surface area contributed by atoms with Gasteiger partial charge in [-0.3, -0.25) is 13.8 Å². The van der Waals surface area contributed by atoms with Crippen molar-refractivity contribution in [2.75, 3.05) is 17.6 Å². The minimum atomic E-state index is -4.78. The van der Waals surface area contributed by atoms with E-state index in [4.69, 9.17) is 0 Å². The van der Waals surface area contributed by atoms with E-state index >= 15 is 0 Å². The first-order valence-electron chi connectivity index (χ1n) is 6.73. The number of anilines is 1. The van der Waals surface area contributed by atoms with Crippen molar-refractivity contribution in [3.63, 3.8) is 0 Å². The molecule has 1 atom stereocenters. The molecule has 5 nitrogen and oxygen atoms in total. The zero-order valence-electron chi connectivity index (χ0n) is 12.4. The Labute approximate surface area is 133 Å². The van der Waals surface area contributed by atoms with Crippen LogP contribution in [0.15, 0.2) is 18.2 Å². The van der Waals surface area contributed by atoms with Gasteiger partial charge in [0.25, 0.3) is 5.91 Å². The van der Waals surface area contributed by atoms with E-state index in [0.29, 0.717) is 5.69 Å². The van der Waals surface area contributed by atoms with Crippen molar-refractivity contribution in [3.8, 4) is 0 Å². The third-order valence-electron chi connectivity index (χ3n) is 3.60. The zero-order valence-corrected chi connectivity index (χ0v) is 13.2. The van der Waals surface area contributed by atoms with E-state index in [-0.39, 0.29) is 18.0 Å². The van der Waals surface area contributed by atoms with Crippen molar-refractivity contribution in [1.29, 1.82) is 0 Å². The van der Waals surface area contributed by atoms with Gasteiger partial charge in [0.2, 0.25) is 5.91 Å². The lowest BCUT2D eigenvalue weighted by Crippen LogP contribution is -2.31. The van der Waals surface area contributed by atoms with Crippen molar-refractivity contribution < 1.29 is 27.0 Å². The maximum absolute atomic E-state index is 12.1. The van der Waals surface area contributed by atoms with E-state index in [9.17, 15) is 27.0 Å². The lowest BCUT2D eigenvalue weighted by molar-refractivity contribution is -0.119. The smallest absolute Gasteiger partial charge is 0.351 e. The molecule has 23 heavy (non-hydrogen) atoms. The topological polar surface area (TPSA) is 75.3 Å². The molecule has 2 amide bonds. The highest BCUT2D eigenvalue weighted by atomic mass is 32.2. The van der Waals surface area contributed by atoms with E-state index in [1.54, 1.807) is 19.9 Å². The summed E-state index contributed by atoms with van der Waals surface area (Å²) in [7, 11) is -3.00. The monoisotopic (exact) mass is 348 g/mol. The molecule has 0 aliphatic carbocycles. The fraction of sp³-hybridized carbons (Fsp3) is 0.429. The van der Waals surface area contributed by atoms with Gasteiger partial charge >= 0.3 is 5.51 Å². The van der Waals surface area contributed by atoms with Gasteiger partial charge in [0.1, 0.15) is 10.8 Å². The van der Waals surface area contributed by atoms with Crippen molar-refractivity contribution in [3.05, 3.63) is 29.3 Å². The largest absolute Gasteiger partial charge is 0.471 e. The van der Waals surface area contributed by atoms with E-state index in [2.05, 4.69) is 10.6 Å². The molecule has 0 fully saturated rings. The van der Waals surface area contributed by atoms with Crippen LogP contribution in [0.2, 0.25) is 0 Å². The predicted molar refractivity (Wildman–Crippen MR) is 79.5 cm³/mol. The summed E-state index contributed by atoms with van der Waals surface area (Å²) in [6.07, 6.45) is 0. The molecule has 1 aromatic carbocycles. The number of halogens is 3. The summed E-state index contributed by atoms with van der Waals surface area (Å²) in [6.45, 7) is 3.14. The second-order valence-corrected chi connectivity index (χ2v) is 7.15. The summed E-state index contributed by atoms with van der Waals surface area (Å²) in [5.74, 6) is -1.49. The van der Waals surface area contributed by atoms with Crippen molar-refractivity contribution in [1.82, 2.24) is 5.32 Å². The van der Waals surface area contributed by atoms with Crippen LogP contribution in [0.5, 0.6) is 0 Å². The third-order valence-corrected chi connectivity index (χ3v) is 4.69. The molecule has 0 radical (unpaired) electrons. The molecular formula is C14H15F3N2O3S. The number of nitrogens with one attached hydrogen (secondary N) is 2. The molecule has 1 aliphatic heterocycles. The molecule has 1 aromatic rings. The highest BCUT2D eigenvalue weighted by Crippen LogP contribution is 2.37. The fourth-order valence-corrected chi connectivity index (χ4v) is 2.73. The van der Waals surface area contributed by atoms with Crippen molar-refractivity contribution in [2.24, 2.45) is 0 Å². The van der Waals surface area contributed by atoms with Crippen LogP contribution in [0.1, 0.15) is 29.8 Å². The Bertz CT molecular complexity index is 686. The van der Waals surface area contributed by atoms with E-state index in [1.165, 1.54) is 12.1 Å². The number of carbonyl (C=O) groups is 2. The number of fused-ring (bicyclic) bond motifs is 1. The summed E-state index contributed by atoms with van der Waals surface area (Å²) in [4.78, 5) is 23.7. The van der Waals surface area contributed by atoms with Crippen LogP contribution in [0.25, 0.3) is 0 Å². The van der Waals surface area contributed by atoms with Gasteiger partial charge in [-0.05, 0) is 31.5 Å². The molecule has 0 saturated heterocycles. The second-order valence-electron chi connectivity index (χ2n) is 5.59. The lowest BCUT2D eigenvalue weighted by atomic mass is 9.86. The summed E-state index contributed by atoms with van der Waals surface area (Å²) in [5.41, 5.74) is -4.02. The molecule has 0 aromatic heterocycles. The molecular weight excluding hydrogens is 333 g/mol. The van der Waals surface area contributed by atoms with Crippen molar-refractivity contribution >= 4 is 28.3 Å². The van der Waals surface area contributed by atoms with Gasteiger partial charge in [0, 0.05) is 23.5 Å². The zero-order chi connectivity index (χ0) is 17.4. The second kappa shape index (κ2) is 5.95. The molecule has 9 heteroatoms. The average Bonchev–Trinajstić information content (AvgIpc) is 2.67. The Morgan fingerprint density at radius 3 is 2.61 bits per heavy atom. The van der Waals surface area contributed by atoms with Gasteiger partial charge in [-0.25, -0.2) is 0 Å². The molecule has 2 rings (SSSR count). The molecule has 1 unspecified atom stereocenters. The van der Waals surface area contributed by atoms with Gasteiger partial charge in [-0.15, -0.1) is 0 Å². The minimum absolute atomic E-state index is 0.189. The molecule has 0 bridgehead atoms. The number of benzene rings is 1. The average molecular weight is 348 g/mol. The highest BCUT2D eigenvalue weighted by molar-refractivity contribution is 7.85. The van der Waals surface area contributed by atoms with Gasteiger partial charge in [0.05, 0.1) is 5.41 Å². The van der Waals surface area contributed by atoms with Crippen LogP contribution in [0.4, 0.5) is 18.9 Å². The Kier molecular flexibility index (Phi) is 4.52. The minimum Gasteiger partial charge on any atom is -0.351 e. The lowest BCUT2D eigenvalue weighted by Gasteiger charge is -2.15. The Morgan fingerprint density at radius 2 is 2.00 bits per heavy atom. The highest BCUT2D eigenvalue weighted by Gasteiger charge is 2.38. The predicted octanol–water partition coefficient (Wildman–Crippen LogP) is 1.91. The van der Waals surface area contributed by atoms with Crippen LogP contribution in [-0.2, 0) is 21.0 Å². The number of amides is 2. The van der Waals surface area contributed by atoms with Crippen LogP contribution in [0.3, 0.4) is 0 Å². The Morgan fingerprint density at radius 1 is 1.35 bits per heavy atom. The van der Waals surface area contributed by atoms with Crippen LogP contribution >= 0.6 is 0 Å². The van der Waals surface area contributed by atoms with Gasteiger partial charge in [-0.1, -0.05) is 6.07 Å². The van der Waals surface area contributed by atoms with Gasteiger partial charge in [-0.2, -0.15) is 13.2 Å². The van der Waals surface area contributed by atoms with Crippen LogP contribution < -0.4 is 10.6 Å². The fourth-order valence-electron chi connectivity index (χ4n) is 2.21. The molecule has 1 heterocycles. The third kappa shape index (κ3) is 3.54. The first-order valence-corrected chi connectivity index (χ1v) is 8.05. The van der Waals surface area contributed by atoms with E-state index in [0.717, 1.165) is 5.56 Å². The summed E-state index contributed by atoms with van der Waals surface area (Å²) in [5, 5.41) is 4.94. The van der Waals surface area contributed by atoms with E-state index in [1.807, 2.05) is 0 Å². The number of rotatable bonds is 4. The Balaban J connectivity index is 2.01. The number of alkyl halides is 3. The van der Waals surface area contributed by atoms with E-state index < -0.39 is 33.4 Å². The number of carbonyl (C=O) groups excluding carboxylic acids is 2. The normalized spacial score (nSPS) is 17.3. The number of hydrogen-bond donors (Lipinski definition) is 2.